The van der Waals surface area contributed by atoms with Crippen LogP contribution < -0.4 is 0 Å². The van der Waals surface area contributed by atoms with Crippen molar-refractivity contribution < 1.29 is 9.90 Å². The van der Waals surface area contributed by atoms with Gasteiger partial charge in [0, 0.05) is 6.42 Å². The van der Waals surface area contributed by atoms with Crippen molar-refractivity contribution in [3.63, 3.8) is 0 Å². The Labute approximate surface area is 114 Å². The van der Waals surface area contributed by atoms with E-state index in [1.807, 2.05) is 6.08 Å². The molecule has 2 heteroatoms. The summed E-state index contributed by atoms with van der Waals surface area (Å²) in [5.74, 6) is 2.33. The molecular weight excluding hydrogens is 236 g/mol. The summed E-state index contributed by atoms with van der Waals surface area (Å²) in [4.78, 5) is 11.6. The lowest BCUT2D eigenvalue weighted by molar-refractivity contribution is -0.114. The summed E-state index contributed by atoms with van der Waals surface area (Å²) in [7, 11) is 0. The number of aliphatic hydroxyl groups excluding tert-OH is 1. The van der Waals surface area contributed by atoms with Gasteiger partial charge in [0.15, 0.2) is 5.78 Å². The molecule has 4 atom stereocenters. The van der Waals surface area contributed by atoms with Gasteiger partial charge in [0.05, 0.1) is 6.10 Å². The number of rotatable bonds is 0. The predicted octanol–water partition coefficient (Wildman–Crippen LogP) is 3.16. The zero-order valence-electron chi connectivity index (χ0n) is 11.4. The topological polar surface area (TPSA) is 37.3 Å². The Kier molecular flexibility index (Phi) is 2.70. The summed E-state index contributed by atoms with van der Waals surface area (Å²) in [5, 5.41) is 10.1. The molecule has 0 aromatic rings. The molecule has 0 radical (unpaired) electrons. The molecule has 0 aromatic heterocycles. The second-order valence-corrected chi connectivity index (χ2v) is 6.80. The van der Waals surface area contributed by atoms with Crippen LogP contribution >= 0.6 is 0 Å². The minimum absolute atomic E-state index is 0.0403. The van der Waals surface area contributed by atoms with Crippen molar-refractivity contribution in [2.75, 3.05) is 0 Å². The highest BCUT2D eigenvalue weighted by atomic mass is 16.3. The highest BCUT2D eigenvalue weighted by Crippen LogP contribution is 2.54. The number of allylic oxidation sites excluding steroid dienone is 4. The Hall–Kier alpha value is -0.890. The van der Waals surface area contributed by atoms with Gasteiger partial charge in [-0.25, -0.2) is 0 Å². The first-order chi connectivity index (χ1) is 9.24. The highest BCUT2D eigenvalue weighted by molar-refractivity contribution is 5.93. The second kappa shape index (κ2) is 4.31. The Bertz CT molecular complexity index is 485. The summed E-state index contributed by atoms with van der Waals surface area (Å²) in [5.41, 5.74) is 4.55. The largest absolute Gasteiger partial charge is 0.393 e. The first kappa shape index (κ1) is 11.9. The Morgan fingerprint density at radius 2 is 1.84 bits per heavy atom. The average molecular weight is 258 g/mol. The number of fused-ring (bicyclic) bond motifs is 4. The first-order valence-corrected chi connectivity index (χ1v) is 7.88. The van der Waals surface area contributed by atoms with Gasteiger partial charge in [0.1, 0.15) is 0 Å². The molecule has 1 N–H and O–H groups in total. The molecule has 2 nitrogen and oxygen atoms in total. The minimum Gasteiger partial charge on any atom is -0.393 e. The molecule has 2 fully saturated rings. The van der Waals surface area contributed by atoms with Gasteiger partial charge in [-0.1, -0.05) is 5.57 Å². The van der Waals surface area contributed by atoms with Crippen molar-refractivity contribution in [2.24, 2.45) is 17.8 Å². The van der Waals surface area contributed by atoms with Gasteiger partial charge in [-0.3, -0.25) is 4.79 Å². The quantitative estimate of drug-likeness (QED) is 0.724. The number of aliphatic hydroxyl groups is 1. The molecule has 102 valence electrons. The number of hydrogen-bond acceptors (Lipinski definition) is 2. The maximum atomic E-state index is 11.6. The molecule has 0 amide bonds. The van der Waals surface area contributed by atoms with E-state index >= 15 is 0 Å². The van der Waals surface area contributed by atoms with Crippen LogP contribution in [-0.2, 0) is 4.79 Å². The van der Waals surface area contributed by atoms with Gasteiger partial charge < -0.3 is 5.11 Å². The molecule has 4 aliphatic rings. The van der Waals surface area contributed by atoms with E-state index in [1.165, 1.54) is 36.8 Å². The fourth-order valence-electron chi connectivity index (χ4n) is 5.17. The summed E-state index contributed by atoms with van der Waals surface area (Å²) >= 11 is 0. The van der Waals surface area contributed by atoms with Gasteiger partial charge in [-0.2, -0.15) is 0 Å². The summed E-state index contributed by atoms with van der Waals surface area (Å²) in [6, 6.07) is 0. The third-order valence-electron chi connectivity index (χ3n) is 6.01. The van der Waals surface area contributed by atoms with Crippen LogP contribution in [0.5, 0.6) is 0 Å². The average Bonchev–Trinajstić information content (AvgIpc) is 2.80. The van der Waals surface area contributed by atoms with Crippen molar-refractivity contribution in [3.05, 3.63) is 22.8 Å². The summed E-state index contributed by atoms with van der Waals surface area (Å²) in [6.07, 6.45) is 10.4. The van der Waals surface area contributed by atoms with E-state index in [0.717, 1.165) is 31.1 Å². The van der Waals surface area contributed by atoms with Gasteiger partial charge in [0.25, 0.3) is 0 Å². The standard InChI is InChI=1S/C17H22O2/c18-11-2-4-12-10(9-11)1-3-14-13(12)5-6-16-15(14)7-8-17(16)19/h9,14-17,19H,1-8H2. The minimum atomic E-state index is -0.0403. The highest BCUT2D eigenvalue weighted by Gasteiger charge is 2.45. The molecule has 0 aromatic carbocycles. The van der Waals surface area contributed by atoms with E-state index in [1.54, 1.807) is 5.57 Å². The molecule has 2 saturated carbocycles. The zero-order valence-corrected chi connectivity index (χ0v) is 11.4. The Morgan fingerprint density at radius 3 is 2.74 bits per heavy atom. The van der Waals surface area contributed by atoms with Crippen LogP contribution in [0.15, 0.2) is 22.8 Å². The lowest BCUT2D eigenvalue weighted by Gasteiger charge is -2.42. The van der Waals surface area contributed by atoms with Crippen LogP contribution in [0.4, 0.5) is 0 Å². The number of hydrogen-bond donors (Lipinski definition) is 1. The van der Waals surface area contributed by atoms with E-state index in [-0.39, 0.29) is 6.10 Å². The van der Waals surface area contributed by atoms with Crippen LogP contribution in [-0.4, -0.2) is 17.0 Å². The molecule has 0 spiro atoms. The van der Waals surface area contributed by atoms with Gasteiger partial charge >= 0.3 is 0 Å². The third kappa shape index (κ3) is 1.76. The monoisotopic (exact) mass is 258 g/mol. The van der Waals surface area contributed by atoms with E-state index in [2.05, 4.69) is 0 Å². The molecule has 4 rings (SSSR count). The SMILES string of the molecule is O=C1C=C2CCC3C(=C2CC1)CCC1C(O)CCC31. The number of carbonyl (C=O) groups is 1. The van der Waals surface area contributed by atoms with Crippen molar-refractivity contribution in [1.82, 2.24) is 0 Å². The van der Waals surface area contributed by atoms with E-state index in [9.17, 15) is 9.90 Å². The second-order valence-electron chi connectivity index (χ2n) is 6.80. The first-order valence-electron chi connectivity index (χ1n) is 7.88. The molecule has 0 aliphatic heterocycles. The molecule has 4 aliphatic carbocycles. The van der Waals surface area contributed by atoms with Crippen molar-refractivity contribution in [2.45, 2.75) is 57.5 Å². The molecular formula is C17H22O2. The van der Waals surface area contributed by atoms with Gasteiger partial charge in [-0.15, -0.1) is 0 Å². The molecule has 0 heterocycles. The number of ketones is 1. The normalized spacial score (nSPS) is 41.5. The van der Waals surface area contributed by atoms with Gasteiger partial charge in [-0.05, 0) is 79.9 Å². The smallest absolute Gasteiger partial charge is 0.156 e. The Morgan fingerprint density at radius 1 is 0.947 bits per heavy atom. The molecule has 0 bridgehead atoms. The summed E-state index contributed by atoms with van der Waals surface area (Å²) < 4.78 is 0. The van der Waals surface area contributed by atoms with Crippen molar-refractivity contribution in [1.29, 1.82) is 0 Å². The lowest BCUT2D eigenvalue weighted by Crippen LogP contribution is -2.33. The van der Waals surface area contributed by atoms with E-state index in [0.29, 0.717) is 18.1 Å². The lowest BCUT2D eigenvalue weighted by atomic mass is 9.63. The van der Waals surface area contributed by atoms with E-state index in [4.69, 9.17) is 0 Å². The Balaban J connectivity index is 1.71. The van der Waals surface area contributed by atoms with Crippen molar-refractivity contribution in [3.8, 4) is 0 Å². The van der Waals surface area contributed by atoms with Crippen LogP contribution in [0.1, 0.15) is 51.4 Å². The maximum Gasteiger partial charge on any atom is 0.156 e. The zero-order chi connectivity index (χ0) is 13.0. The predicted molar refractivity (Wildman–Crippen MR) is 73.5 cm³/mol. The molecule has 0 saturated heterocycles. The van der Waals surface area contributed by atoms with Crippen LogP contribution in [0.2, 0.25) is 0 Å². The summed E-state index contributed by atoms with van der Waals surface area (Å²) in [6.45, 7) is 0. The number of carbonyl (C=O) groups excluding carboxylic acids is 1. The van der Waals surface area contributed by atoms with Crippen LogP contribution in [0.25, 0.3) is 0 Å². The van der Waals surface area contributed by atoms with Crippen LogP contribution in [0.3, 0.4) is 0 Å². The fraction of sp³-hybridized carbons (Fsp3) is 0.706. The fourth-order valence-corrected chi connectivity index (χ4v) is 5.17. The van der Waals surface area contributed by atoms with E-state index < -0.39 is 0 Å². The van der Waals surface area contributed by atoms with Crippen molar-refractivity contribution >= 4 is 5.78 Å². The molecule has 4 unspecified atom stereocenters. The third-order valence-corrected chi connectivity index (χ3v) is 6.01. The molecule has 19 heavy (non-hydrogen) atoms. The van der Waals surface area contributed by atoms with Crippen LogP contribution in [0, 0.1) is 17.8 Å². The van der Waals surface area contributed by atoms with Gasteiger partial charge in [0.2, 0.25) is 0 Å². The maximum absolute atomic E-state index is 11.6.